The quantitative estimate of drug-likeness (QED) is 0.633. The fourth-order valence-corrected chi connectivity index (χ4v) is 2.51. The van der Waals surface area contributed by atoms with E-state index < -0.39 is 5.97 Å². The van der Waals surface area contributed by atoms with Gasteiger partial charge in [0.15, 0.2) is 0 Å². The maximum absolute atomic E-state index is 12.4. The molecule has 0 atom stereocenters. The van der Waals surface area contributed by atoms with Crippen molar-refractivity contribution in [3.8, 4) is 5.75 Å². The summed E-state index contributed by atoms with van der Waals surface area (Å²) in [5.41, 5.74) is 2.89. The van der Waals surface area contributed by atoms with Crippen LogP contribution in [0, 0.1) is 6.92 Å². The van der Waals surface area contributed by atoms with E-state index >= 15 is 0 Å². The van der Waals surface area contributed by atoms with E-state index in [0.29, 0.717) is 28.4 Å². The highest BCUT2D eigenvalue weighted by molar-refractivity contribution is 5.97. The molecule has 0 aromatic heterocycles. The topological polar surface area (TPSA) is 106 Å². The molecule has 0 unspecified atom stereocenters. The lowest BCUT2D eigenvalue weighted by molar-refractivity contribution is -0.115. The molecule has 2 amide bonds. The summed E-state index contributed by atoms with van der Waals surface area (Å²) in [6, 6.07) is 10.00. The molecule has 2 aromatic carbocycles. The van der Waals surface area contributed by atoms with Crippen LogP contribution in [0.5, 0.6) is 5.75 Å². The molecule has 148 valence electrons. The summed E-state index contributed by atoms with van der Waals surface area (Å²) < 4.78 is 9.95. The second-order valence-electron chi connectivity index (χ2n) is 6.02. The van der Waals surface area contributed by atoms with E-state index in [2.05, 4.69) is 16.0 Å². The van der Waals surface area contributed by atoms with E-state index in [-0.39, 0.29) is 18.4 Å². The van der Waals surface area contributed by atoms with Gasteiger partial charge in [0.2, 0.25) is 11.8 Å². The van der Waals surface area contributed by atoms with Gasteiger partial charge in [-0.15, -0.1) is 0 Å². The molecular weight excluding hydrogens is 362 g/mol. The predicted molar refractivity (Wildman–Crippen MR) is 107 cm³/mol. The van der Waals surface area contributed by atoms with Gasteiger partial charge in [-0.1, -0.05) is 6.07 Å². The van der Waals surface area contributed by atoms with Gasteiger partial charge in [-0.3, -0.25) is 9.59 Å². The lowest BCUT2D eigenvalue weighted by Crippen LogP contribution is -2.22. The van der Waals surface area contributed by atoms with Crippen LogP contribution in [0.4, 0.5) is 17.1 Å². The molecule has 0 aliphatic rings. The molecule has 0 saturated carbocycles. The predicted octanol–water partition coefficient (Wildman–Crippen LogP) is 2.80. The maximum atomic E-state index is 12.4. The average molecular weight is 385 g/mol. The SMILES string of the molecule is COC(=O)c1ccc(C)c(NCC(=O)Nc2cc(NC(C)=O)ccc2OC)c1. The average Bonchev–Trinajstić information content (AvgIpc) is 2.66. The third kappa shape index (κ3) is 5.47. The Morgan fingerprint density at radius 1 is 0.964 bits per heavy atom. The zero-order chi connectivity index (χ0) is 20.7. The number of anilines is 3. The molecule has 8 heteroatoms. The second-order valence-corrected chi connectivity index (χ2v) is 6.02. The smallest absolute Gasteiger partial charge is 0.337 e. The van der Waals surface area contributed by atoms with Crippen LogP contribution in [0.25, 0.3) is 0 Å². The van der Waals surface area contributed by atoms with Gasteiger partial charge < -0.3 is 25.4 Å². The second kappa shape index (κ2) is 9.40. The number of amides is 2. The van der Waals surface area contributed by atoms with Gasteiger partial charge in [-0.05, 0) is 42.8 Å². The first-order valence-electron chi connectivity index (χ1n) is 8.52. The molecular formula is C20H23N3O5. The van der Waals surface area contributed by atoms with Gasteiger partial charge in [0.05, 0.1) is 32.0 Å². The number of carbonyl (C=O) groups is 3. The number of benzene rings is 2. The van der Waals surface area contributed by atoms with Crippen molar-refractivity contribution in [3.05, 3.63) is 47.5 Å². The van der Waals surface area contributed by atoms with Gasteiger partial charge in [-0.25, -0.2) is 4.79 Å². The highest BCUT2D eigenvalue weighted by atomic mass is 16.5. The number of carbonyl (C=O) groups excluding carboxylic acids is 3. The normalized spacial score (nSPS) is 10.0. The van der Waals surface area contributed by atoms with E-state index in [1.807, 2.05) is 6.92 Å². The number of ether oxygens (including phenoxy) is 2. The van der Waals surface area contributed by atoms with Gasteiger partial charge >= 0.3 is 5.97 Å². The molecule has 0 saturated heterocycles. The van der Waals surface area contributed by atoms with Crippen molar-refractivity contribution >= 4 is 34.8 Å². The maximum Gasteiger partial charge on any atom is 0.337 e. The van der Waals surface area contributed by atoms with Crippen molar-refractivity contribution < 1.29 is 23.9 Å². The summed E-state index contributed by atoms with van der Waals surface area (Å²) in [5, 5.41) is 8.40. The lowest BCUT2D eigenvalue weighted by atomic mass is 10.1. The van der Waals surface area contributed by atoms with E-state index in [0.717, 1.165) is 5.56 Å². The van der Waals surface area contributed by atoms with E-state index in [1.54, 1.807) is 36.4 Å². The number of rotatable bonds is 7. The fraction of sp³-hybridized carbons (Fsp3) is 0.250. The van der Waals surface area contributed by atoms with Crippen molar-refractivity contribution in [2.24, 2.45) is 0 Å². The van der Waals surface area contributed by atoms with Gasteiger partial charge in [0.1, 0.15) is 5.75 Å². The summed E-state index contributed by atoms with van der Waals surface area (Å²) in [5.74, 6) is -0.524. The Hall–Kier alpha value is -3.55. The molecule has 0 bridgehead atoms. The number of esters is 1. The van der Waals surface area contributed by atoms with Crippen LogP contribution in [-0.2, 0) is 14.3 Å². The summed E-state index contributed by atoms with van der Waals surface area (Å²) >= 11 is 0. The van der Waals surface area contributed by atoms with Crippen molar-refractivity contribution in [1.29, 1.82) is 0 Å². The zero-order valence-electron chi connectivity index (χ0n) is 16.2. The minimum absolute atomic E-state index is 0.0288. The third-order valence-electron chi connectivity index (χ3n) is 3.89. The minimum Gasteiger partial charge on any atom is -0.495 e. The van der Waals surface area contributed by atoms with Crippen LogP contribution in [-0.4, -0.2) is 38.5 Å². The Kier molecular flexibility index (Phi) is 6.97. The Bertz CT molecular complexity index is 895. The van der Waals surface area contributed by atoms with E-state index in [1.165, 1.54) is 21.1 Å². The molecule has 0 heterocycles. The number of hydrogen-bond acceptors (Lipinski definition) is 6. The highest BCUT2D eigenvalue weighted by Gasteiger charge is 2.12. The van der Waals surface area contributed by atoms with Crippen LogP contribution >= 0.6 is 0 Å². The Morgan fingerprint density at radius 3 is 2.36 bits per heavy atom. The van der Waals surface area contributed by atoms with Crippen molar-refractivity contribution in [3.63, 3.8) is 0 Å². The standard InChI is InChI=1S/C20H23N3O5/c1-12-5-6-14(20(26)28-4)9-16(12)21-11-19(25)23-17-10-15(22-13(2)24)7-8-18(17)27-3/h5-10,21H,11H2,1-4H3,(H,22,24)(H,23,25). The molecule has 0 aliphatic carbocycles. The van der Waals surface area contributed by atoms with Gasteiger partial charge in [-0.2, -0.15) is 0 Å². The molecule has 3 N–H and O–H groups in total. The first-order valence-corrected chi connectivity index (χ1v) is 8.52. The Labute approximate surface area is 163 Å². The summed E-state index contributed by atoms with van der Waals surface area (Å²) in [6.45, 7) is 3.23. The number of methoxy groups -OCH3 is 2. The first kappa shape index (κ1) is 20.8. The monoisotopic (exact) mass is 385 g/mol. The number of nitrogens with one attached hydrogen (secondary N) is 3. The molecule has 28 heavy (non-hydrogen) atoms. The number of hydrogen-bond donors (Lipinski definition) is 3. The van der Waals surface area contributed by atoms with Crippen LogP contribution in [0.1, 0.15) is 22.8 Å². The molecule has 2 aromatic rings. The highest BCUT2D eigenvalue weighted by Crippen LogP contribution is 2.28. The van der Waals surface area contributed by atoms with E-state index in [4.69, 9.17) is 9.47 Å². The Morgan fingerprint density at radius 2 is 1.71 bits per heavy atom. The summed E-state index contributed by atoms with van der Waals surface area (Å²) in [4.78, 5) is 35.2. The van der Waals surface area contributed by atoms with Crippen LogP contribution in [0.15, 0.2) is 36.4 Å². The lowest BCUT2D eigenvalue weighted by Gasteiger charge is -2.14. The van der Waals surface area contributed by atoms with Gasteiger partial charge in [0.25, 0.3) is 0 Å². The molecule has 0 radical (unpaired) electrons. The molecule has 0 fully saturated rings. The summed E-state index contributed by atoms with van der Waals surface area (Å²) in [6.07, 6.45) is 0. The third-order valence-corrected chi connectivity index (χ3v) is 3.89. The molecule has 2 rings (SSSR count). The minimum atomic E-state index is -0.452. The fourth-order valence-electron chi connectivity index (χ4n) is 2.51. The van der Waals surface area contributed by atoms with E-state index in [9.17, 15) is 14.4 Å². The Balaban J connectivity index is 2.08. The molecule has 0 spiro atoms. The molecule has 8 nitrogen and oxygen atoms in total. The molecule has 0 aliphatic heterocycles. The van der Waals surface area contributed by atoms with Crippen molar-refractivity contribution in [2.75, 3.05) is 36.7 Å². The van der Waals surface area contributed by atoms with Crippen LogP contribution < -0.4 is 20.7 Å². The largest absolute Gasteiger partial charge is 0.495 e. The van der Waals surface area contributed by atoms with Crippen molar-refractivity contribution in [1.82, 2.24) is 0 Å². The van der Waals surface area contributed by atoms with Crippen LogP contribution in [0.3, 0.4) is 0 Å². The zero-order valence-corrected chi connectivity index (χ0v) is 16.2. The van der Waals surface area contributed by atoms with Gasteiger partial charge in [0, 0.05) is 18.3 Å². The van der Waals surface area contributed by atoms with Crippen LogP contribution in [0.2, 0.25) is 0 Å². The number of aryl methyl sites for hydroxylation is 1. The first-order chi connectivity index (χ1) is 13.3. The van der Waals surface area contributed by atoms with Crippen molar-refractivity contribution in [2.45, 2.75) is 13.8 Å². The summed E-state index contributed by atoms with van der Waals surface area (Å²) in [7, 11) is 2.80.